The van der Waals surface area contributed by atoms with Gasteiger partial charge in [0, 0.05) is 18.3 Å². The summed E-state index contributed by atoms with van der Waals surface area (Å²) >= 11 is 0. The fourth-order valence-corrected chi connectivity index (χ4v) is 4.74. The Bertz CT molecular complexity index is 834. The van der Waals surface area contributed by atoms with E-state index in [1.54, 1.807) is 6.33 Å². The third-order valence-corrected chi connectivity index (χ3v) is 6.49. The molecule has 1 amide bonds. The maximum Gasteiger partial charge on any atom is 0.274 e. The molecular weight excluding hydrogens is 376 g/mol. The Morgan fingerprint density at radius 3 is 2.77 bits per heavy atom. The number of H-pyrrole nitrogens is 1. The lowest BCUT2D eigenvalue weighted by Gasteiger charge is -2.36. The van der Waals surface area contributed by atoms with Crippen LogP contribution < -0.4 is 4.74 Å². The minimum atomic E-state index is -0.00809. The van der Waals surface area contributed by atoms with E-state index in [1.807, 2.05) is 17.9 Å². The number of hydrogen-bond donors (Lipinski definition) is 1. The Labute approximate surface area is 179 Å². The summed E-state index contributed by atoms with van der Waals surface area (Å²) in [6.45, 7) is 6.04. The first-order chi connectivity index (χ1) is 14.7. The molecule has 2 aliphatic heterocycles. The molecule has 0 saturated carbocycles. The zero-order chi connectivity index (χ0) is 20.8. The van der Waals surface area contributed by atoms with Crippen molar-refractivity contribution in [3.8, 4) is 5.75 Å². The molecule has 2 bridgehead atoms. The SMILES string of the molecule is Cc1[nH]cnc1C(=O)N1CCCCN2CCCCC2CCc2cccc(c2)OCC1. The fourth-order valence-electron chi connectivity index (χ4n) is 4.74. The van der Waals surface area contributed by atoms with E-state index in [0.29, 0.717) is 24.9 Å². The summed E-state index contributed by atoms with van der Waals surface area (Å²) in [6.07, 6.45) is 9.99. The number of nitrogens with one attached hydrogen (secondary N) is 1. The molecule has 3 heterocycles. The van der Waals surface area contributed by atoms with Gasteiger partial charge in [0.2, 0.25) is 0 Å². The molecule has 162 valence electrons. The molecule has 1 fully saturated rings. The van der Waals surface area contributed by atoms with Crippen molar-refractivity contribution in [2.45, 2.75) is 57.9 Å². The number of imidazole rings is 1. The van der Waals surface area contributed by atoms with Crippen molar-refractivity contribution in [2.24, 2.45) is 0 Å². The minimum absolute atomic E-state index is 0.00809. The van der Waals surface area contributed by atoms with Gasteiger partial charge in [0.1, 0.15) is 18.1 Å². The van der Waals surface area contributed by atoms with Crippen LogP contribution in [-0.2, 0) is 6.42 Å². The number of benzene rings is 1. The number of hydrogen-bond acceptors (Lipinski definition) is 4. The van der Waals surface area contributed by atoms with Gasteiger partial charge in [-0.2, -0.15) is 0 Å². The smallest absolute Gasteiger partial charge is 0.274 e. The molecule has 1 unspecified atom stereocenters. The second-order valence-corrected chi connectivity index (χ2v) is 8.60. The molecule has 2 aliphatic rings. The molecular formula is C24H34N4O2. The number of nitrogens with zero attached hydrogens (tertiary/aromatic N) is 3. The van der Waals surface area contributed by atoms with Crippen molar-refractivity contribution < 1.29 is 9.53 Å². The van der Waals surface area contributed by atoms with Crippen LogP contribution in [0.2, 0.25) is 0 Å². The molecule has 2 aromatic rings. The summed E-state index contributed by atoms with van der Waals surface area (Å²) in [5.74, 6) is 0.887. The van der Waals surface area contributed by atoms with Gasteiger partial charge in [0.05, 0.1) is 12.9 Å². The predicted octanol–water partition coefficient (Wildman–Crippen LogP) is 3.82. The molecule has 0 aliphatic carbocycles. The fraction of sp³-hybridized carbons (Fsp3) is 0.583. The van der Waals surface area contributed by atoms with E-state index < -0.39 is 0 Å². The van der Waals surface area contributed by atoms with Crippen molar-refractivity contribution in [3.05, 3.63) is 47.5 Å². The third-order valence-electron chi connectivity index (χ3n) is 6.49. The molecule has 4 rings (SSSR count). The van der Waals surface area contributed by atoms with Crippen LogP contribution in [0.15, 0.2) is 30.6 Å². The Hall–Kier alpha value is -2.34. The van der Waals surface area contributed by atoms with Crippen molar-refractivity contribution >= 4 is 5.91 Å². The molecule has 6 heteroatoms. The minimum Gasteiger partial charge on any atom is -0.492 e. The van der Waals surface area contributed by atoms with Crippen LogP contribution >= 0.6 is 0 Å². The molecule has 30 heavy (non-hydrogen) atoms. The number of aromatic nitrogens is 2. The number of piperidine rings is 1. The lowest BCUT2D eigenvalue weighted by Crippen LogP contribution is -2.41. The second kappa shape index (κ2) is 10.1. The maximum atomic E-state index is 13.1. The Morgan fingerprint density at radius 2 is 1.93 bits per heavy atom. The van der Waals surface area contributed by atoms with Crippen LogP contribution in [-0.4, -0.2) is 64.5 Å². The van der Waals surface area contributed by atoms with Crippen LogP contribution in [0.4, 0.5) is 0 Å². The number of amides is 1. The van der Waals surface area contributed by atoms with E-state index in [4.69, 9.17) is 4.74 Å². The van der Waals surface area contributed by atoms with Gasteiger partial charge in [-0.1, -0.05) is 18.6 Å². The Balaban J connectivity index is 1.49. The van der Waals surface area contributed by atoms with Crippen LogP contribution in [0.1, 0.15) is 60.3 Å². The van der Waals surface area contributed by atoms with Crippen molar-refractivity contribution in [2.75, 3.05) is 32.8 Å². The number of rotatable bonds is 1. The van der Waals surface area contributed by atoms with Gasteiger partial charge in [-0.3, -0.25) is 4.79 Å². The highest BCUT2D eigenvalue weighted by Crippen LogP contribution is 2.23. The molecule has 1 aromatic carbocycles. The molecule has 0 spiro atoms. The summed E-state index contributed by atoms with van der Waals surface area (Å²) < 4.78 is 6.02. The topological polar surface area (TPSA) is 61.5 Å². The first kappa shape index (κ1) is 20.9. The molecule has 1 N–H and O–H groups in total. The van der Waals surface area contributed by atoms with Gasteiger partial charge in [0.25, 0.3) is 5.91 Å². The second-order valence-electron chi connectivity index (χ2n) is 8.60. The summed E-state index contributed by atoms with van der Waals surface area (Å²) in [5.41, 5.74) is 2.68. The van der Waals surface area contributed by atoms with E-state index in [-0.39, 0.29) is 5.91 Å². The number of fused-ring (bicyclic) bond motifs is 3. The normalized spacial score (nSPS) is 21.8. The van der Waals surface area contributed by atoms with E-state index in [9.17, 15) is 4.79 Å². The summed E-state index contributed by atoms with van der Waals surface area (Å²) in [6, 6.07) is 9.14. The first-order valence-electron chi connectivity index (χ1n) is 11.5. The van der Waals surface area contributed by atoms with Crippen LogP contribution in [0.5, 0.6) is 5.75 Å². The van der Waals surface area contributed by atoms with Gasteiger partial charge < -0.3 is 19.5 Å². The lowest BCUT2D eigenvalue weighted by atomic mass is 9.95. The zero-order valence-electron chi connectivity index (χ0n) is 18.1. The zero-order valence-corrected chi connectivity index (χ0v) is 18.1. The summed E-state index contributed by atoms with van der Waals surface area (Å²) in [5, 5.41) is 0. The monoisotopic (exact) mass is 410 g/mol. The number of carbonyl (C=O) groups is 1. The van der Waals surface area contributed by atoms with Gasteiger partial charge >= 0.3 is 0 Å². The number of ether oxygens (including phenoxy) is 1. The van der Waals surface area contributed by atoms with Crippen LogP contribution in [0, 0.1) is 6.92 Å². The highest BCUT2D eigenvalue weighted by atomic mass is 16.5. The molecule has 1 saturated heterocycles. The number of carbonyl (C=O) groups excluding carboxylic acids is 1. The highest BCUT2D eigenvalue weighted by Gasteiger charge is 2.23. The predicted molar refractivity (Wildman–Crippen MR) is 118 cm³/mol. The van der Waals surface area contributed by atoms with E-state index in [2.05, 4.69) is 33.1 Å². The lowest BCUT2D eigenvalue weighted by molar-refractivity contribution is 0.0715. The van der Waals surface area contributed by atoms with E-state index in [1.165, 1.54) is 37.8 Å². The number of aromatic amines is 1. The molecule has 6 nitrogen and oxygen atoms in total. The summed E-state index contributed by atoms with van der Waals surface area (Å²) in [4.78, 5) is 24.9. The van der Waals surface area contributed by atoms with E-state index in [0.717, 1.165) is 43.8 Å². The largest absolute Gasteiger partial charge is 0.492 e. The Morgan fingerprint density at radius 1 is 1.10 bits per heavy atom. The molecule has 1 aromatic heterocycles. The average Bonchev–Trinajstić information content (AvgIpc) is 3.19. The Kier molecular flexibility index (Phi) is 7.05. The van der Waals surface area contributed by atoms with Gasteiger partial charge in [-0.05, 0) is 76.2 Å². The highest BCUT2D eigenvalue weighted by molar-refractivity contribution is 5.93. The first-order valence-corrected chi connectivity index (χ1v) is 11.5. The van der Waals surface area contributed by atoms with Gasteiger partial charge in [-0.15, -0.1) is 0 Å². The molecule has 1 atom stereocenters. The van der Waals surface area contributed by atoms with Crippen LogP contribution in [0.25, 0.3) is 0 Å². The van der Waals surface area contributed by atoms with Crippen LogP contribution in [0.3, 0.4) is 0 Å². The summed E-state index contributed by atoms with van der Waals surface area (Å²) in [7, 11) is 0. The van der Waals surface area contributed by atoms with E-state index >= 15 is 0 Å². The van der Waals surface area contributed by atoms with Gasteiger partial charge in [-0.25, -0.2) is 4.98 Å². The van der Waals surface area contributed by atoms with Crippen molar-refractivity contribution in [3.63, 3.8) is 0 Å². The quantitative estimate of drug-likeness (QED) is 0.776. The average molecular weight is 411 g/mol. The maximum absolute atomic E-state index is 13.1. The standard InChI is InChI=1S/C24H34N4O2/c1-19-23(26-18-25-19)24(29)28-14-5-4-13-27-12-3-2-8-21(27)11-10-20-7-6-9-22(17-20)30-16-15-28/h6-7,9,17-18,21H,2-5,8,10-16H2,1H3,(H,25,26). The third kappa shape index (κ3) is 5.22. The van der Waals surface area contributed by atoms with Gasteiger partial charge in [0.15, 0.2) is 0 Å². The molecule has 0 radical (unpaired) electrons. The number of aryl methyl sites for hydroxylation is 2. The van der Waals surface area contributed by atoms with Crippen molar-refractivity contribution in [1.29, 1.82) is 0 Å². The van der Waals surface area contributed by atoms with Crippen molar-refractivity contribution in [1.82, 2.24) is 19.8 Å².